The van der Waals surface area contributed by atoms with Gasteiger partial charge in [0.2, 0.25) is 0 Å². The van der Waals surface area contributed by atoms with Gasteiger partial charge in [-0.3, -0.25) is 0 Å². The second-order valence-electron chi connectivity index (χ2n) is 1.25. The van der Waals surface area contributed by atoms with Gasteiger partial charge in [0, 0.05) is 1.37 Å². The minimum atomic E-state index is -0.784. The van der Waals surface area contributed by atoms with E-state index in [9.17, 15) is 0 Å². The van der Waals surface area contributed by atoms with Crippen LogP contribution in [-0.2, 0) is 0 Å². The maximum atomic E-state index is 8.46. The van der Waals surface area contributed by atoms with Crippen LogP contribution in [0.5, 0.6) is 0 Å². The zero-order valence-electron chi connectivity index (χ0n) is 7.44. The third-order valence-electron chi connectivity index (χ3n) is 0.600. The Morgan fingerprint density at radius 2 is 2.71 bits per heavy atom. The van der Waals surface area contributed by atoms with E-state index in [-0.39, 0.29) is 6.05 Å². The van der Waals surface area contributed by atoms with Gasteiger partial charge < -0.3 is 5.11 Å². The first kappa shape index (κ1) is 2.75. The summed E-state index contributed by atoms with van der Waals surface area (Å²) in [6.45, 7) is 1.90. The molecule has 0 fully saturated rings. The molecule has 0 rings (SSSR count). The Bertz CT molecular complexity index is 129. The van der Waals surface area contributed by atoms with Gasteiger partial charge in [0.15, 0.2) is 0 Å². The van der Waals surface area contributed by atoms with Crippen LogP contribution in [0.3, 0.4) is 0 Å². The maximum Gasteiger partial charge on any atom is 0.103 e. The molecule has 0 bridgehead atoms. The second-order valence-corrected chi connectivity index (χ2v) is 1.25. The van der Waals surface area contributed by atoms with Gasteiger partial charge in [0.05, 0.1) is 7.61 Å². The van der Waals surface area contributed by atoms with Crippen LogP contribution in [0, 0.1) is 0 Å². The van der Waals surface area contributed by atoms with E-state index in [2.05, 4.69) is 0 Å². The van der Waals surface area contributed by atoms with Crippen LogP contribution in [0.2, 0.25) is 0 Å². The van der Waals surface area contributed by atoms with Crippen LogP contribution < -0.4 is 0 Å². The third-order valence-corrected chi connectivity index (χ3v) is 0.600. The van der Waals surface area contributed by atoms with E-state index in [0.29, 0.717) is 6.42 Å². The Morgan fingerprint density at radius 1 is 2.00 bits per heavy atom. The minimum absolute atomic E-state index is 0.290. The average Bonchev–Trinajstić information content (AvgIpc) is 1.87. The van der Waals surface area contributed by atoms with E-state index >= 15 is 0 Å². The lowest BCUT2D eigenvalue weighted by Gasteiger charge is -1.83. The molecule has 1 atom stereocenters. The summed E-state index contributed by atoms with van der Waals surface area (Å²) < 4.78 is 20.8. The Labute approximate surface area is 48.9 Å². The van der Waals surface area contributed by atoms with E-state index in [0.717, 1.165) is 6.42 Å². The van der Waals surface area contributed by atoms with Crippen molar-refractivity contribution in [2.45, 2.75) is 26.2 Å². The van der Waals surface area contributed by atoms with E-state index in [1.807, 2.05) is 6.92 Å². The normalized spacial score (nSPS) is 23.9. The maximum absolute atomic E-state index is 8.46. The van der Waals surface area contributed by atoms with Gasteiger partial charge in [-0.2, -0.15) is 0 Å². The summed E-state index contributed by atoms with van der Waals surface area (Å²) in [6.07, 6.45) is -0.193. The van der Waals surface area contributed by atoms with Crippen molar-refractivity contribution in [3.63, 3.8) is 0 Å². The van der Waals surface area contributed by atoms with E-state index in [4.69, 9.17) is 9.22 Å². The molecule has 0 aliphatic carbocycles. The van der Waals surface area contributed by atoms with Crippen molar-refractivity contribution in [3.05, 3.63) is 12.3 Å². The Morgan fingerprint density at radius 3 is 3.14 bits per heavy atom. The smallest absolute Gasteiger partial charge is 0.103 e. The highest BCUT2D eigenvalue weighted by molar-refractivity contribution is 4.69. The van der Waals surface area contributed by atoms with Crippen LogP contribution in [0.4, 0.5) is 0 Å². The lowest BCUT2D eigenvalue weighted by molar-refractivity contribution is 0.470. The van der Waals surface area contributed by atoms with Gasteiger partial charge in [-0.15, -0.1) is 0 Å². The molecule has 1 unspecified atom stereocenters. The van der Waals surface area contributed by atoms with Crippen molar-refractivity contribution in [1.29, 1.82) is 0 Å². The average molecular weight is 103 g/mol. The van der Waals surface area contributed by atoms with Crippen molar-refractivity contribution in [2.75, 3.05) is 0 Å². The van der Waals surface area contributed by atoms with Gasteiger partial charge in [-0.25, -0.2) is 0 Å². The monoisotopic (exact) mass is 103 g/mol. The summed E-state index contributed by atoms with van der Waals surface area (Å²) in [5.41, 5.74) is 0. The summed E-state index contributed by atoms with van der Waals surface area (Å²) in [7, 11) is 0. The topological polar surface area (TPSA) is 20.2 Å². The van der Waals surface area contributed by atoms with Gasteiger partial charge in [0.25, 0.3) is 0 Å². The first-order valence-corrected chi connectivity index (χ1v) is 2.38. The summed E-state index contributed by atoms with van der Waals surface area (Å²) in [4.78, 5) is 0. The molecule has 1 nitrogen and oxygen atoms in total. The molecular formula is C6H12O. The quantitative estimate of drug-likeness (QED) is 0.543. The largest absolute Gasteiger partial charge is 0.516 e. The van der Waals surface area contributed by atoms with E-state index in [1.165, 1.54) is 0 Å². The number of aliphatic hydroxyl groups excluding tert-OH is 1. The standard InChI is InChI=1S/C6H12O/c1-2-3-4-5-6-7/h5-7H,2-4H2,1H3/i4D,5D,6D. The van der Waals surface area contributed by atoms with Crippen LogP contribution in [0.15, 0.2) is 12.3 Å². The van der Waals surface area contributed by atoms with Crippen molar-refractivity contribution in [2.24, 2.45) is 0 Å². The molecule has 0 heterocycles. The second kappa shape index (κ2) is 5.54. The lowest BCUT2D eigenvalue weighted by atomic mass is 10.2. The number of hydrogen-bond donors (Lipinski definition) is 1. The summed E-state index contributed by atoms with van der Waals surface area (Å²) in [6, 6.07) is -0.290. The molecule has 0 saturated carbocycles. The summed E-state index contributed by atoms with van der Waals surface area (Å²) >= 11 is 0. The number of allylic oxidation sites excluding steroid dienone is 1. The molecular weight excluding hydrogens is 88.1 g/mol. The number of rotatable bonds is 3. The molecule has 1 N–H and O–H groups in total. The molecule has 1 heteroatoms. The highest BCUT2D eigenvalue weighted by Gasteiger charge is 1.73. The molecule has 0 radical (unpaired) electrons. The van der Waals surface area contributed by atoms with E-state index < -0.39 is 12.6 Å². The van der Waals surface area contributed by atoms with Gasteiger partial charge in [0.1, 0.15) is 1.37 Å². The fourth-order valence-corrected chi connectivity index (χ4v) is 0.262. The van der Waals surface area contributed by atoms with Crippen LogP contribution in [0.25, 0.3) is 0 Å². The molecule has 0 aromatic rings. The molecule has 0 aliphatic heterocycles. The molecule has 0 amide bonds. The molecule has 0 aromatic carbocycles. The molecule has 0 aliphatic rings. The molecule has 0 spiro atoms. The van der Waals surface area contributed by atoms with Crippen molar-refractivity contribution < 1.29 is 9.22 Å². The Hall–Kier alpha value is -0.460. The third kappa shape index (κ3) is 5.54. The summed E-state index contributed by atoms with van der Waals surface area (Å²) in [5.74, 6) is 0. The zero-order valence-corrected chi connectivity index (χ0v) is 4.44. The zero-order chi connectivity index (χ0) is 8.15. The van der Waals surface area contributed by atoms with Gasteiger partial charge in [-0.05, 0) is 12.8 Å². The van der Waals surface area contributed by atoms with Gasteiger partial charge in [-0.1, -0.05) is 19.4 Å². The lowest BCUT2D eigenvalue weighted by Crippen LogP contribution is -1.64. The highest BCUT2D eigenvalue weighted by atomic mass is 16.2. The Balaban J connectivity index is 3.94. The number of aliphatic hydroxyl groups is 1. The first-order valence-electron chi connectivity index (χ1n) is 3.95. The highest BCUT2D eigenvalue weighted by Crippen LogP contribution is 1.92. The van der Waals surface area contributed by atoms with Crippen molar-refractivity contribution in [1.82, 2.24) is 0 Å². The van der Waals surface area contributed by atoms with E-state index in [1.54, 1.807) is 0 Å². The van der Waals surface area contributed by atoms with Crippen LogP contribution in [0.1, 0.15) is 30.3 Å². The molecule has 0 saturated heterocycles. The fourth-order valence-electron chi connectivity index (χ4n) is 0.262. The van der Waals surface area contributed by atoms with Crippen LogP contribution >= 0.6 is 0 Å². The number of hydrogen-bond acceptors (Lipinski definition) is 1. The van der Waals surface area contributed by atoms with Crippen LogP contribution in [-0.4, -0.2) is 5.11 Å². The molecule has 42 valence electrons. The summed E-state index contributed by atoms with van der Waals surface area (Å²) in [5, 5.41) is 8.46. The molecule has 0 aromatic heterocycles. The van der Waals surface area contributed by atoms with Gasteiger partial charge >= 0.3 is 0 Å². The predicted molar refractivity (Wildman–Crippen MR) is 31.3 cm³/mol. The molecule has 7 heavy (non-hydrogen) atoms. The SMILES string of the molecule is [2H]C(O)=C([2H])C([2H])CCC. The Kier molecular flexibility index (Phi) is 2.18. The van der Waals surface area contributed by atoms with Crippen molar-refractivity contribution in [3.8, 4) is 0 Å². The first-order chi connectivity index (χ1) is 4.59. The van der Waals surface area contributed by atoms with Crippen molar-refractivity contribution >= 4 is 0 Å². The minimum Gasteiger partial charge on any atom is -0.516 e. The predicted octanol–water partition coefficient (Wildman–Crippen LogP) is 2.25. The fraction of sp³-hybridized carbons (Fsp3) is 0.667.